The second-order valence-electron chi connectivity index (χ2n) is 6.60. The van der Waals surface area contributed by atoms with Crippen molar-refractivity contribution in [3.8, 4) is 11.4 Å². The van der Waals surface area contributed by atoms with Gasteiger partial charge < -0.3 is 14.6 Å². The van der Waals surface area contributed by atoms with Gasteiger partial charge >= 0.3 is 5.97 Å². The fraction of sp³-hybridized carbons (Fsp3) is 0.227. The highest BCUT2D eigenvalue weighted by Crippen LogP contribution is 2.17. The maximum Gasteiger partial charge on any atom is 0.307 e. The van der Waals surface area contributed by atoms with Gasteiger partial charge in [0.05, 0.1) is 12.1 Å². The average molecular weight is 407 g/mol. The predicted molar refractivity (Wildman–Crippen MR) is 109 cm³/mol. The Bertz CT molecular complexity index is 1050. The van der Waals surface area contributed by atoms with Gasteiger partial charge in [0.25, 0.3) is 5.91 Å². The third-order valence-corrected chi connectivity index (χ3v) is 4.28. The van der Waals surface area contributed by atoms with Crippen LogP contribution in [-0.2, 0) is 20.7 Å². The van der Waals surface area contributed by atoms with E-state index >= 15 is 0 Å². The molecule has 0 saturated carbocycles. The van der Waals surface area contributed by atoms with Crippen LogP contribution in [0.5, 0.6) is 0 Å². The molecular formula is C22H21N3O5. The molecule has 1 unspecified atom stereocenters. The van der Waals surface area contributed by atoms with E-state index in [1.165, 1.54) is 13.8 Å². The number of nitrogens with zero attached hydrogens (tertiary/aromatic N) is 2. The summed E-state index contributed by atoms with van der Waals surface area (Å²) in [6.45, 7) is 2.87. The number of benzene rings is 2. The number of nitrogens with one attached hydrogen (secondary N) is 1. The van der Waals surface area contributed by atoms with Crippen LogP contribution in [0.3, 0.4) is 0 Å². The van der Waals surface area contributed by atoms with Gasteiger partial charge in [0.2, 0.25) is 11.7 Å². The minimum Gasteiger partial charge on any atom is -0.453 e. The fourth-order valence-corrected chi connectivity index (χ4v) is 2.71. The first-order valence-corrected chi connectivity index (χ1v) is 9.42. The minimum atomic E-state index is -1.03. The summed E-state index contributed by atoms with van der Waals surface area (Å²) in [6.07, 6.45) is -0.849. The molecule has 8 heteroatoms. The van der Waals surface area contributed by atoms with E-state index in [1.54, 1.807) is 24.3 Å². The van der Waals surface area contributed by atoms with Crippen molar-refractivity contribution in [1.82, 2.24) is 10.1 Å². The second kappa shape index (κ2) is 9.60. The van der Waals surface area contributed by atoms with Crippen LogP contribution in [-0.4, -0.2) is 33.9 Å². The molecule has 1 atom stereocenters. The first-order chi connectivity index (χ1) is 14.4. The summed E-state index contributed by atoms with van der Waals surface area (Å²) in [6, 6.07) is 16.0. The van der Waals surface area contributed by atoms with Crippen molar-refractivity contribution in [3.05, 3.63) is 66.1 Å². The van der Waals surface area contributed by atoms with Crippen LogP contribution in [0.2, 0.25) is 0 Å². The molecule has 0 spiro atoms. The van der Waals surface area contributed by atoms with Crippen molar-refractivity contribution in [2.24, 2.45) is 0 Å². The monoisotopic (exact) mass is 407 g/mol. The van der Waals surface area contributed by atoms with E-state index in [1.807, 2.05) is 30.3 Å². The number of aromatic nitrogens is 2. The smallest absolute Gasteiger partial charge is 0.307 e. The summed E-state index contributed by atoms with van der Waals surface area (Å²) in [4.78, 5) is 40.3. The van der Waals surface area contributed by atoms with Crippen LogP contribution in [0.1, 0.15) is 36.5 Å². The number of carbonyl (C=O) groups is 3. The molecule has 0 aliphatic carbocycles. The molecule has 2 aromatic carbocycles. The summed E-state index contributed by atoms with van der Waals surface area (Å²) in [5, 5.41) is 6.51. The number of para-hydroxylation sites is 1. The Hall–Kier alpha value is -3.81. The first-order valence-electron chi connectivity index (χ1n) is 9.42. The van der Waals surface area contributed by atoms with Gasteiger partial charge in [-0.1, -0.05) is 47.6 Å². The van der Waals surface area contributed by atoms with E-state index < -0.39 is 18.0 Å². The predicted octanol–water partition coefficient (Wildman–Crippen LogP) is 3.44. The second-order valence-corrected chi connectivity index (χ2v) is 6.60. The van der Waals surface area contributed by atoms with Gasteiger partial charge in [0.15, 0.2) is 11.9 Å². The molecule has 1 amide bonds. The Labute approximate surface area is 173 Å². The Morgan fingerprint density at radius 2 is 1.77 bits per heavy atom. The van der Waals surface area contributed by atoms with Gasteiger partial charge in [-0.25, -0.2) is 0 Å². The van der Waals surface area contributed by atoms with Crippen LogP contribution < -0.4 is 5.32 Å². The molecule has 0 aliphatic rings. The van der Waals surface area contributed by atoms with Crippen LogP contribution in [0.25, 0.3) is 11.4 Å². The zero-order chi connectivity index (χ0) is 21.5. The van der Waals surface area contributed by atoms with Crippen LogP contribution in [0.4, 0.5) is 5.69 Å². The normalized spacial score (nSPS) is 11.5. The molecule has 0 bridgehead atoms. The van der Waals surface area contributed by atoms with Crippen molar-refractivity contribution in [3.63, 3.8) is 0 Å². The Kier molecular flexibility index (Phi) is 6.69. The number of aryl methyl sites for hydroxylation is 1. The first kappa shape index (κ1) is 20.9. The lowest BCUT2D eigenvalue weighted by atomic mass is 10.1. The van der Waals surface area contributed by atoms with Crippen molar-refractivity contribution < 1.29 is 23.6 Å². The Morgan fingerprint density at radius 1 is 1.07 bits per heavy atom. The molecule has 1 N–H and O–H groups in total. The number of carbonyl (C=O) groups excluding carboxylic acids is 3. The molecule has 0 aliphatic heterocycles. The lowest BCUT2D eigenvalue weighted by Gasteiger charge is -2.14. The fourth-order valence-electron chi connectivity index (χ4n) is 2.71. The minimum absolute atomic E-state index is 0.0158. The van der Waals surface area contributed by atoms with E-state index in [0.29, 0.717) is 23.0 Å². The zero-order valence-electron chi connectivity index (χ0n) is 16.6. The number of esters is 1. The molecular weight excluding hydrogens is 386 g/mol. The molecule has 30 heavy (non-hydrogen) atoms. The molecule has 0 radical (unpaired) electrons. The number of Topliss-reactive ketones (excluding diaryl/α,β-unsaturated/α-hetero) is 1. The number of hydrogen-bond acceptors (Lipinski definition) is 7. The molecule has 1 aromatic heterocycles. The van der Waals surface area contributed by atoms with E-state index in [-0.39, 0.29) is 18.6 Å². The number of amides is 1. The number of rotatable bonds is 8. The van der Waals surface area contributed by atoms with Crippen molar-refractivity contribution >= 4 is 23.3 Å². The van der Waals surface area contributed by atoms with E-state index in [4.69, 9.17) is 9.26 Å². The van der Waals surface area contributed by atoms with Crippen LogP contribution >= 0.6 is 0 Å². The van der Waals surface area contributed by atoms with Crippen LogP contribution in [0, 0.1) is 0 Å². The van der Waals surface area contributed by atoms with Gasteiger partial charge in [0, 0.05) is 17.5 Å². The number of anilines is 1. The SMILES string of the molecule is CC(=O)c1ccccc1NC(=O)C(C)OC(=O)CCc1nc(-c2ccccc2)no1. The van der Waals surface area contributed by atoms with Gasteiger partial charge in [-0.2, -0.15) is 4.98 Å². The molecule has 0 saturated heterocycles. The highest BCUT2D eigenvalue weighted by molar-refractivity contribution is 6.04. The maximum atomic E-state index is 12.3. The summed E-state index contributed by atoms with van der Waals surface area (Å²) in [5.74, 6) is -0.530. The summed E-state index contributed by atoms with van der Waals surface area (Å²) in [5.41, 5.74) is 1.57. The number of ether oxygens (including phenoxy) is 1. The average Bonchev–Trinajstić information content (AvgIpc) is 3.22. The van der Waals surface area contributed by atoms with E-state index in [0.717, 1.165) is 5.56 Å². The Morgan fingerprint density at radius 3 is 2.50 bits per heavy atom. The molecule has 154 valence electrons. The highest BCUT2D eigenvalue weighted by Gasteiger charge is 2.20. The molecule has 3 rings (SSSR count). The molecule has 8 nitrogen and oxygen atoms in total. The van der Waals surface area contributed by atoms with Gasteiger partial charge in [-0.3, -0.25) is 14.4 Å². The van der Waals surface area contributed by atoms with E-state index in [2.05, 4.69) is 15.5 Å². The third-order valence-electron chi connectivity index (χ3n) is 4.28. The Balaban J connectivity index is 1.51. The summed E-state index contributed by atoms with van der Waals surface area (Å²) < 4.78 is 10.3. The van der Waals surface area contributed by atoms with Crippen LogP contribution in [0.15, 0.2) is 59.1 Å². The van der Waals surface area contributed by atoms with Gasteiger partial charge in [-0.15, -0.1) is 0 Å². The number of hydrogen-bond donors (Lipinski definition) is 1. The lowest BCUT2D eigenvalue weighted by Crippen LogP contribution is -2.30. The topological polar surface area (TPSA) is 111 Å². The maximum absolute atomic E-state index is 12.3. The van der Waals surface area contributed by atoms with Crippen molar-refractivity contribution in [2.75, 3.05) is 5.32 Å². The molecule has 1 heterocycles. The molecule has 3 aromatic rings. The van der Waals surface area contributed by atoms with Gasteiger partial charge in [-0.05, 0) is 26.0 Å². The molecule has 0 fully saturated rings. The zero-order valence-corrected chi connectivity index (χ0v) is 16.6. The lowest BCUT2D eigenvalue weighted by molar-refractivity contribution is -0.153. The van der Waals surface area contributed by atoms with Crippen molar-refractivity contribution in [2.45, 2.75) is 32.8 Å². The van der Waals surface area contributed by atoms with Crippen molar-refractivity contribution in [1.29, 1.82) is 0 Å². The van der Waals surface area contributed by atoms with Gasteiger partial charge in [0.1, 0.15) is 0 Å². The number of ketones is 1. The highest BCUT2D eigenvalue weighted by atomic mass is 16.5. The largest absolute Gasteiger partial charge is 0.453 e. The third kappa shape index (κ3) is 5.38. The quantitative estimate of drug-likeness (QED) is 0.450. The van der Waals surface area contributed by atoms with E-state index in [9.17, 15) is 14.4 Å². The summed E-state index contributed by atoms with van der Waals surface area (Å²) >= 11 is 0. The summed E-state index contributed by atoms with van der Waals surface area (Å²) in [7, 11) is 0. The standard InChI is InChI=1S/C22H21N3O5/c1-14(26)17-10-6-7-11-18(17)23-22(28)15(2)29-20(27)13-12-19-24-21(25-30-19)16-8-4-3-5-9-16/h3-11,15H,12-13H2,1-2H3,(H,23,28).